The molecule has 1 aliphatic heterocycles. The summed E-state index contributed by atoms with van der Waals surface area (Å²) in [6.45, 7) is 1.60. The van der Waals surface area contributed by atoms with Crippen LogP contribution >= 0.6 is 11.6 Å². The average Bonchev–Trinajstić information content (AvgIpc) is 3.12. The lowest BCUT2D eigenvalue weighted by Gasteiger charge is -2.47. The molecule has 1 amide bonds. The molecule has 1 aromatic rings. The quantitative estimate of drug-likeness (QED) is 0.787. The maximum Gasteiger partial charge on any atom is 0.229 e. The lowest BCUT2D eigenvalue weighted by Crippen LogP contribution is -2.53. The minimum atomic E-state index is -0.859. The van der Waals surface area contributed by atoms with Crippen molar-refractivity contribution in [3.05, 3.63) is 47.0 Å². The van der Waals surface area contributed by atoms with Gasteiger partial charge in [0.05, 0.1) is 24.8 Å². The Morgan fingerprint density at radius 3 is 2.64 bits per heavy atom. The molecule has 0 radical (unpaired) electrons. The molecule has 1 aromatic carbocycles. The summed E-state index contributed by atoms with van der Waals surface area (Å²) in [7, 11) is 0. The van der Waals surface area contributed by atoms with Gasteiger partial charge in [0.25, 0.3) is 0 Å². The average molecular weight is 364 g/mol. The topological polar surface area (TPSA) is 60.8 Å². The van der Waals surface area contributed by atoms with Crippen LogP contribution in [0.2, 0.25) is 5.02 Å². The zero-order chi connectivity index (χ0) is 18.0. The molecule has 1 heterocycles. The molecule has 25 heavy (non-hydrogen) atoms. The number of amides is 1. The van der Waals surface area contributed by atoms with Crippen LogP contribution in [0.1, 0.15) is 50.6 Å². The SMILES string of the molecule is CC1(CC(O)CO)CCC(c2ccc(Cl)cc2)N(C2C=CCC2)C1=O. The van der Waals surface area contributed by atoms with E-state index in [0.717, 1.165) is 24.8 Å². The summed E-state index contributed by atoms with van der Waals surface area (Å²) in [5.74, 6) is 0.0720. The molecule has 0 saturated carbocycles. The van der Waals surface area contributed by atoms with Gasteiger partial charge in [0, 0.05) is 10.4 Å². The second-order valence-corrected chi connectivity index (χ2v) is 7.93. The fraction of sp³-hybridized carbons (Fsp3) is 0.550. The Hall–Kier alpha value is -1.36. The maximum absolute atomic E-state index is 13.4. The second-order valence-electron chi connectivity index (χ2n) is 7.49. The fourth-order valence-corrected chi connectivity index (χ4v) is 4.30. The zero-order valence-corrected chi connectivity index (χ0v) is 15.3. The van der Waals surface area contributed by atoms with Crippen molar-refractivity contribution < 1.29 is 15.0 Å². The van der Waals surface area contributed by atoms with E-state index in [-0.39, 0.29) is 24.6 Å². The van der Waals surface area contributed by atoms with Crippen molar-refractivity contribution in [2.45, 2.75) is 57.2 Å². The Morgan fingerprint density at radius 1 is 1.32 bits per heavy atom. The van der Waals surface area contributed by atoms with Crippen LogP contribution in [0.5, 0.6) is 0 Å². The molecule has 1 fully saturated rings. The molecule has 1 saturated heterocycles. The van der Waals surface area contributed by atoms with E-state index in [1.807, 2.05) is 36.1 Å². The summed E-state index contributed by atoms with van der Waals surface area (Å²) in [6.07, 6.45) is 7.15. The Balaban J connectivity index is 1.91. The van der Waals surface area contributed by atoms with Crippen molar-refractivity contribution in [3.63, 3.8) is 0 Å². The van der Waals surface area contributed by atoms with Gasteiger partial charge in [-0.2, -0.15) is 0 Å². The number of allylic oxidation sites excluding steroid dienone is 1. The molecule has 0 bridgehead atoms. The first-order valence-electron chi connectivity index (χ1n) is 8.98. The predicted molar refractivity (Wildman–Crippen MR) is 98.3 cm³/mol. The van der Waals surface area contributed by atoms with Gasteiger partial charge in [-0.05, 0) is 49.8 Å². The van der Waals surface area contributed by atoms with Crippen molar-refractivity contribution in [1.29, 1.82) is 0 Å². The third-order valence-corrected chi connectivity index (χ3v) is 5.80. The van der Waals surface area contributed by atoms with Crippen LogP contribution in [-0.2, 0) is 4.79 Å². The Labute approximate surface area is 154 Å². The highest BCUT2D eigenvalue weighted by Gasteiger charge is 2.47. The van der Waals surface area contributed by atoms with E-state index in [4.69, 9.17) is 11.6 Å². The summed E-state index contributed by atoms with van der Waals surface area (Å²) in [4.78, 5) is 15.4. The van der Waals surface area contributed by atoms with E-state index in [2.05, 4.69) is 12.2 Å². The lowest BCUT2D eigenvalue weighted by atomic mass is 9.73. The van der Waals surface area contributed by atoms with Crippen molar-refractivity contribution in [3.8, 4) is 0 Å². The Morgan fingerprint density at radius 2 is 2.04 bits per heavy atom. The molecule has 4 unspecified atom stereocenters. The van der Waals surface area contributed by atoms with E-state index < -0.39 is 11.5 Å². The van der Waals surface area contributed by atoms with Gasteiger partial charge in [0.2, 0.25) is 5.91 Å². The lowest BCUT2D eigenvalue weighted by molar-refractivity contribution is -0.154. The van der Waals surface area contributed by atoms with Gasteiger partial charge in [0.1, 0.15) is 0 Å². The molecule has 2 aliphatic rings. The summed E-state index contributed by atoms with van der Waals surface area (Å²) >= 11 is 6.02. The maximum atomic E-state index is 13.4. The first-order chi connectivity index (χ1) is 11.9. The van der Waals surface area contributed by atoms with Gasteiger partial charge in [-0.15, -0.1) is 0 Å². The number of rotatable bonds is 5. The van der Waals surface area contributed by atoms with Crippen LogP contribution in [0.4, 0.5) is 0 Å². The summed E-state index contributed by atoms with van der Waals surface area (Å²) in [5, 5.41) is 19.8. The molecule has 4 atom stereocenters. The van der Waals surface area contributed by atoms with Crippen molar-refractivity contribution in [1.82, 2.24) is 4.90 Å². The number of aliphatic hydroxyl groups excluding tert-OH is 2. The molecule has 2 N–H and O–H groups in total. The van der Waals surface area contributed by atoms with E-state index in [1.54, 1.807) is 0 Å². The minimum absolute atomic E-state index is 0.0249. The van der Waals surface area contributed by atoms with Crippen LogP contribution in [0.15, 0.2) is 36.4 Å². The van der Waals surface area contributed by atoms with Gasteiger partial charge >= 0.3 is 0 Å². The molecule has 4 nitrogen and oxygen atoms in total. The number of piperidine rings is 1. The highest BCUT2D eigenvalue weighted by atomic mass is 35.5. The summed E-state index contributed by atoms with van der Waals surface area (Å²) in [5.41, 5.74) is 0.462. The third kappa shape index (κ3) is 3.76. The van der Waals surface area contributed by atoms with Crippen molar-refractivity contribution in [2.24, 2.45) is 5.41 Å². The van der Waals surface area contributed by atoms with Gasteiger partial charge in [-0.3, -0.25) is 4.79 Å². The molecule has 136 valence electrons. The number of likely N-dealkylation sites (tertiary alicyclic amines) is 1. The molecular formula is C20H26ClNO3. The molecule has 1 aliphatic carbocycles. The van der Waals surface area contributed by atoms with E-state index >= 15 is 0 Å². The number of aliphatic hydroxyl groups is 2. The van der Waals surface area contributed by atoms with Gasteiger partial charge in [-0.1, -0.05) is 42.8 Å². The van der Waals surface area contributed by atoms with Crippen LogP contribution < -0.4 is 0 Å². The highest BCUT2D eigenvalue weighted by molar-refractivity contribution is 6.30. The number of carbonyl (C=O) groups is 1. The number of halogens is 1. The van der Waals surface area contributed by atoms with Crippen LogP contribution in [0.25, 0.3) is 0 Å². The molecule has 5 heteroatoms. The summed E-state index contributed by atoms with van der Waals surface area (Å²) in [6, 6.07) is 7.85. The van der Waals surface area contributed by atoms with Crippen LogP contribution in [-0.4, -0.2) is 39.8 Å². The number of hydrogen-bond acceptors (Lipinski definition) is 3. The highest BCUT2D eigenvalue weighted by Crippen LogP contribution is 2.45. The standard InChI is InChI=1S/C20H26ClNO3/c1-20(12-17(24)13-23)11-10-18(14-6-8-15(21)9-7-14)22(19(20)25)16-4-2-3-5-16/h2,4,6-9,16-18,23-24H,3,5,10-13H2,1H3. The number of nitrogens with zero attached hydrogens (tertiary/aromatic N) is 1. The smallest absolute Gasteiger partial charge is 0.229 e. The van der Waals surface area contributed by atoms with Gasteiger partial charge in [0.15, 0.2) is 0 Å². The zero-order valence-electron chi connectivity index (χ0n) is 14.6. The van der Waals surface area contributed by atoms with Gasteiger partial charge in [-0.25, -0.2) is 0 Å². The first-order valence-corrected chi connectivity index (χ1v) is 9.36. The normalized spacial score (nSPS) is 30.7. The molecule has 3 rings (SSSR count). The van der Waals surface area contributed by atoms with E-state index in [9.17, 15) is 15.0 Å². The Kier molecular flexibility index (Phi) is 5.52. The largest absolute Gasteiger partial charge is 0.394 e. The van der Waals surface area contributed by atoms with Crippen molar-refractivity contribution >= 4 is 17.5 Å². The Bertz CT molecular complexity index is 645. The van der Waals surface area contributed by atoms with Gasteiger partial charge < -0.3 is 15.1 Å². The van der Waals surface area contributed by atoms with Crippen LogP contribution in [0.3, 0.4) is 0 Å². The summed E-state index contributed by atoms with van der Waals surface area (Å²) < 4.78 is 0. The first kappa shape index (κ1) is 18.4. The number of hydrogen-bond donors (Lipinski definition) is 2. The van der Waals surface area contributed by atoms with Crippen LogP contribution in [0, 0.1) is 5.41 Å². The number of benzene rings is 1. The van der Waals surface area contributed by atoms with E-state index in [1.165, 1.54) is 0 Å². The third-order valence-electron chi connectivity index (χ3n) is 5.55. The monoisotopic (exact) mass is 363 g/mol. The number of carbonyl (C=O) groups excluding carboxylic acids is 1. The second kappa shape index (κ2) is 7.48. The minimum Gasteiger partial charge on any atom is -0.394 e. The van der Waals surface area contributed by atoms with Crippen molar-refractivity contribution in [2.75, 3.05) is 6.61 Å². The molecule has 0 spiro atoms. The van der Waals surface area contributed by atoms with E-state index in [0.29, 0.717) is 17.9 Å². The fourth-order valence-electron chi connectivity index (χ4n) is 4.17. The predicted octanol–water partition coefficient (Wildman–Crippen LogP) is 3.47. The molecule has 0 aromatic heterocycles. The molecular weight excluding hydrogens is 338 g/mol.